The van der Waals surface area contributed by atoms with Gasteiger partial charge in [0.05, 0.1) is 31.4 Å². The fraction of sp³-hybridized carbons (Fsp3) is 0.632. The van der Waals surface area contributed by atoms with Crippen molar-refractivity contribution in [2.24, 2.45) is 0 Å². The number of carbonyl (C=O) groups excluding carboxylic acids is 1. The molecular weight excluding hydrogens is 354 g/mol. The van der Waals surface area contributed by atoms with Gasteiger partial charge in [-0.3, -0.25) is 9.69 Å². The Hall–Kier alpha value is -1.18. The van der Waals surface area contributed by atoms with Crippen molar-refractivity contribution in [1.82, 2.24) is 15.5 Å². The second kappa shape index (κ2) is 10.2. The number of benzene rings is 1. The van der Waals surface area contributed by atoms with Crippen LogP contribution >= 0.6 is 11.6 Å². The molecule has 1 atom stereocenters. The average Bonchev–Trinajstić information content (AvgIpc) is 2.59. The maximum Gasteiger partial charge on any atom is 0.234 e. The van der Waals surface area contributed by atoms with Crippen LogP contribution in [0.5, 0.6) is 0 Å². The van der Waals surface area contributed by atoms with Gasteiger partial charge in [0.25, 0.3) is 0 Å². The Kier molecular flexibility index (Phi) is 8.31. The molecule has 2 N–H and O–H groups in total. The molecule has 1 fully saturated rings. The van der Waals surface area contributed by atoms with E-state index in [1.54, 1.807) is 7.11 Å². The van der Waals surface area contributed by atoms with Crippen molar-refractivity contribution >= 4 is 17.5 Å². The first-order valence-corrected chi connectivity index (χ1v) is 9.39. The highest BCUT2D eigenvalue weighted by atomic mass is 35.5. The third kappa shape index (κ3) is 6.85. The largest absolute Gasteiger partial charge is 0.383 e. The van der Waals surface area contributed by atoms with Gasteiger partial charge in [0.15, 0.2) is 0 Å². The van der Waals surface area contributed by atoms with Crippen molar-refractivity contribution in [3.05, 3.63) is 34.9 Å². The molecule has 0 aromatic heterocycles. The van der Waals surface area contributed by atoms with E-state index in [2.05, 4.69) is 29.4 Å². The minimum absolute atomic E-state index is 0.0208. The van der Waals surface area contributed by atoms with Crippen molar-refractivity contribution < 1.29 is 14.3 Å². The van der Waals surface area contributed by atoms with Crippen molar-refractivity contribution in [2.45, 2.75) is 25.5 Å². The van der Waals surface area contributed by atoms with Gasteiger partial charge in [-0.1, -0.05) is 23.7 Å². The van der Waals surface area contributed by atoms with E-state index >= 15 is 0 Å². The van der Waals surface area contributed by atoms with E-state index in [0.29, 0.717) is 31.3 Å². The highest BCUT2D eigenvalue weighted by Crippen LogP contribution is 2.27. The molecule has 6 nitrogen and oxygen atoms in total. The summed E-state index contributed by atoms with van der Waals surface area (Å²) >= 11 is 6.04. The lowest BCUT2D eigenvalue weighted by Crippen LogP contribution is -2.51. The zero-order chi connectivity index (χ0) is 19.0. The Morgan fingerprint density at radius 3 is 2.77 bits per heavy atom. The maximum atomic E-state index is 12.1. The lowest BCUT2D eigenvalue weighted by Gasteiger charge is -2.42. The lowest BCUT2D eigenvalue weighted by molar-refractivity contribution is -0.121. The number of morpholine rings is 1. The zero-order valence-electron chi connectivity index (χ0n) is 15.9. The summed E-state index contributed by atoms with van der Waals surface area (Å²) < 4.78 is 10.8. The van der Waals surface area contributed by atoms with Crippen LogP contribution in [-0.2, 0) is 14.3 Å². The molecule has 1 heterocycles. The summed E-state index contributed by atoms with van der Waals surface area (Å²) in [6.45, 7) is 8.58. The highest BCUT2D eigenvalue weighted by molar-refractivity contribution is 6.30. The van der Waals surface area contributed by atoms with E-state index in [-0.39, 0.29) is 24.1 Å². The molecule has 1 aliphatic heterocycles. The Labute approximate surface area is 161 Å². The fourth-order valence-electron chi connectivity index (χ4n) is 3.11. The summed E-state index contributed by atoms with van der Waals surface area (Å²) in [4.78, 5) is 14.5. The van der Waals surface area contributed by atoms with E-state index < -0.39 is 0 Å². The Bertz CT molecular complexity index is 566. The lowest BCUT2D eigenvalue weighted by atomic mass is 10.0. The molecule has 146 valence electrons. The molecule has 0 spiro atoms. The van der Waals surface area contributed by atoms with Crippen LogP contribution in [0.1, 0.15) is 25.5 Å². The average molecular weight is 384 g/mol. The molecular formula is C19H30ClN3O3. The number of hydrogen-bond acceptors (Lipinski definition) is 5. The molecule has 1 aliphatic rings. The molecule has 1 aromatic rings. The molecule has 0 radical (unpaired) electrons. The van der Waals surface area contributed by atoms with Crippen LogP contribution in [0.15, 0.2) is 24.3 Å². The van der Waals surface area contributed by atoms with Gasteiger partial charge < -0.3 is 20.1 Å². The first-order chi connectivity index (χ1) is 12.4. The van der Waals surface area contributed by atoms with Crippen LogP contribution in [0.25, 0.3) is 0 Å². The number of methoxy groups -OCH3 is 1. The second-order valence-corrected chi connectivity index (χ2v) is 7.56. The number of rotatable bonds is 9. The molecule has 1 unspecified atom stereocenters. The van der Waals surface area contributed by atoms with Crippen molar-refractivity contribution in [3.8, 4) is 0 Å². The van der Waals surface area contributed by atoms with Crippen LogP contribution in [0.4, 0.5) is 0 Å². The Morgan fingerprint density at radius 1 is 1.38 bits per heavy atom. The molecule has 1 aromatic carbocycles. The van der Waals surface area contributed by atoms with Gasteiger partial charge in [0.2, 0.25) is 5.91 Å². The highest BCUT2D eigenvalue weighted by Gasteiger charge is 2.32. The van der Waals surface area contributed by atoms with Crippen LogP contribution < -0.4 is 10.6 Å². The number of ether oxygens (including phenoxy) is 2. The van der Waals surface area contributed by atoms with Gasteiger partial charge in [0.1, 0.15) is 0 Å². The summed E-state index contributed by atoms with van der Waals surface area (Å²) in [7, 11) is 1.64. The first-order valence-electron chi connectivity index (χ1n) is 9.01. The Balaban J connectivity index is 1.99. The van der Waals surface area contributed by atoms with E-state index in [9.17, 15) is 4.79 Å². The Morgan fingerprint density at radius 2 is 2.12 bits per heavy atom. The SMILES string of the molecule is COCCNCC(=O)NCC(c1ccc(Cl)cc1)N1CCOC(C)(C)C1. The second-order valence-electron chi connectivity index (χ2n) is 7.12. The summed E-state index contributed by atoms with van der Waals surface area (Å²) in [6, 6.07) is 7.92. The summed E-state index contributed by atoms with van der Waals surface area (Å²) in [6.07, 6.45) is 0. The molecule has 26 heavy (non-hydrogen) atoms. The monoisotopic (exact) mass is 383 g/mol. The maximum absolute atomic E-state index is 12.1. The standard InChI is InChI=1S/C19H30ClN3O3/c1-19(2)14-23(9-11-26-19)17(15-4-6-16(20)7-5-15)12-22-18(24)13-21-8-10-25-3/h4-7,17,21H,8-14H2,1-3H3,(H,22,24). The molecule has 0 aliphatic carbocycles. The summed E-state index contributed by atoms with van der Waals surface area (Å²) in [5, 5.41) is 6.81. The molecule has 1 amide bonds. The number of halogens is 1. The summed E-state index contributed by atoms with van der Waals surface area (Å²) in [5.74, 6) is -0.0208. The van der Waals surface area contributed by atoms with Gasteiger partial charge >= 0.3 is 0 Å². The predicted molar refractivity (Wildman–Crippen MR) is 104 cm³/mol. The third-order valence-electron chi connectivity index (χ3n) is 4.41. The smallest absolute Gasteiger partial charge is 0.234 e. The van der Waals surface area contributed by atoms with Crippen LogP contribution in [-0.4, -0.2) is 69.5 Å². The number of nitrogens with one attached hydrogen (secondary N) is 2. The normalized spacial score (nSPS) is 18.5. The minimum Gasteiger partial charge on any atom is -0.383 e. The van der Waals surface area contributed by atoms with E-state index in [1.165, 1.54) is 0 Å². The van der Waals surface area contributed by atoms with Gasteiger partial charge in [0, 0.05) is 38.3 Å². The molecule has 0 bridgehead atoms. The zero-order valence-corrected chi connectivity index (χ0v) is 16.6. The van der Waals surface area contributed by atoms with Crippen molar-refractivity contribution in [2.75, 3.05) is 53.0 Å². The fourth-order valence-corrected chi connectivity index (χ4v) is 3.24. The topological polar surface area (TPSA) is 62.8 Å². The summed E-state index contributed by atoms with van der Waals surface area (Å²) in [5.41, 5.74) is 0.939. The van der Waals surface area contributed by atoms with Gasteiger partial charge in [-0.05, 0) is 31.5 Å². The molecule has 7 heteroatoms. The van der Waals surface area contributed by atoms with Crippen LogP contribution in [0.2, 0.25) is 5.02 Å². The van der Waals surface area contributed by atoms with E-state index in [0.717, 1.165) is 18.7 Å². The molecule has 1 saturated heterocycles. The molecule has 2 rings (SSSR count). The van der Waals surface area contributed by atoms with Gasteiger partial charge in [-0.25, -0.2) is 0 Å². The van der Waals surface area contributed by atoms with E-state index in [4.69, 9.17) is 21.1 Å². The third-order valence-corrected chi connectivity index (χ3v) is 4.66. The van der Waals surface area contributed by atoms with Crippen LogP contribution in [0, 0.1) is 0 Å². The minimum atomic E-state index is -0.200. The van der Waals surface area contributed by atoms with Gasteiger partial charge in [-0.15, -0.1) is 0 Å². The first kappa shape index (κ1) is 21.1. The number of carbonyl (C=O) groups is 1. The number of nitrogens with zero attached hydrogens (tertiary/aromatic N) is 1. The number of amides is 1. The number of hydrogen-bond donors (Lipinski definition) is 2. The predicted octanol–water partition coefficient (Wildman–Crippen LogP) is 1.84. The van der Waals surface area contributed by atoms with Crippen LogP contribution in [0.3, 0.4) is 0 Å². The van der Waals surface area contributed by atoms with Crippen molar-refractivity contribution in [1.29, 1.82) is 0 Å². The quantitative estimate of drug-likeness (QED) is 0.637. The van der Waals surface area contributed by atoms with Gasteiger partial charge in [-0.2, -0.15) is 0 Å². The van der Waals surface area contributed by atoms with E-state index in [1.807, 2.05) is 24.3 Å². The van der Waals surface area contributed by atoms with Crippen molar-refractivity contribution in [3.63, 3.8) is 0 Å². The molecule has 0 saturated carbocycles.